The zero-order chi connectivity index (χ0) is 14.0. The first-order chi connectivity index (χ1) is 8.16. The molecule has 18 heavy (non-hydrogen) atoms. The molecular weight excluding hydrogens is 224 g/mol. The SMILES string of the molecule is CCCCC(C)(C)C1CC(C(C)(C)C)OC(C)O1. The summed E-state index contributed by atoms with van der Waals surface area (Å²) in [5.41, 5.74) is 0.439. The Bertz CT molecular complexity index is 252. The van der Waals surface area contributed by atoms with Crippen LogP contribution in [0.2, 0.25) is 0 Å². The van der Waals surface area contributed by atoms with Crippen molar-refractivity contribution in [1.82, 2.24) is 0 Å². The highest BCUT2D eigenvalue weighted by molar-refractivity contribution is 4.88. The van der Waals surface area contributed by atoms with Crippen LogP contribution in [-0.4, -0.2) is 18.5 Å². The first-order valence-electron chi connectivity index (χ1n) is 7.47. The minimum atomic E-state index is -0.0751. The molecule has 2 nitrogen and oxygen atoms in total. The largest absolute Gasteiger partial charge is 0.349 e. The summed E-state index contributed by atoms with van der Waals surface area (Å²) in [5, 5.41) is 0. The van der Waals surface area contributed by atoms with Crippen molar-refractivity contribution < 1.29 is 9.47 Å². The molecule has 1 rings (SSSR count). The minimum Gasteiger partial charge on any atom is -0.349 e. The monoisotopic (exact) mass is 256 g/mol. The van der Waals surface area contributed by atoms with E-state index in [0.29, 0.717) is 12.2 Å². The van der Waals surface area contributed by atoms with Crippen LogP contribution in [0.15, 0.2) is 0 Å². The lowest BCUT2D eigenvalue weighted by molar-refractivity contribution is -0.273. The van der Waals surface area contributed by atoms with Gasteiger partial charge in [-0.3, -0.25) is 0 Å². The Morgan fingerprint density at radius 3 is 2.06 bits per heavy atom. The molecule has 1 heterocycles. The molecule has 0 bridgehead atoms. The summed E-state index contributed by atoms with van der Waals surface area (Å²) >= 11 is 0. The van der Waals surface area contributed by atoms with Crippen LogP contribution in [0.4, 0.5) is 0 Å². The molecule has 3 atom stereocenters. The quantitative estimate of drug-likeness (QED) is 0.721. The maximum Gasteiger partial charge on any atom is 0.155 e. The van der Waals surface area contributed by atoms with Gasteiger partial charge in [0.2, 0.25) is 0 Å². The second-order valence-corrected chi connectivity index (χ2v) is 7.51. The van der Waals surface area contributed by atoms with Gasteiger partial charge in [-0.25, -0.2) is 0 Å². The van der Waals surface area contributed by atoms with Crippen molar-refractivity contribution in [2.75, 3.05) is 0 Å². The summed E-state index contributed by atoms with van der Waals surface area (Å²) in [6.45, 7) is 15.7. The van der Waals surface area contributed by atoms with Crippen molar-refractivity contribution in [2.45, 2.75) is 92.6 Å². The predicted molar refractivity (Wildman–Crippen MR) is 76.6 cm³/mol. The van der Waals surface area contributed by atoms with Crippen molar-refractivity contribution in [3.63, 3.8) is 0 Å². The van der Waals surface area contributed by atoms with E-state index in [0.717, 1.165) is 6.42 Å². The molecule has 0 aromatic rings. The van der Waals surface area contributed by atoms with Crippen molar-refractivity contribution in [3.8, 4) is 0 Å². The van der Waals surface area contributed by atoms with Crippen molar-refractivity contribution in [1.29, 1.82) is 0 Å². The molecule has 0 amide bonds. The van der Waals surface area contributed by atoms with Crippen molar-refractivity contribution in [3.05, 3.63) is 0 Å². The fraction of sp³-hybridized carbons (Fsp3) is 1.00. The van der Waals surface area contributed by atoms with E-state index in [9.17, 15) is 0 Å². The molecule has 1 aliphatic heterocycles. The number of hydrogen-bond donors (Lipinski definition) is 0. The van der Waals surface area contributed by atoms with Gasteiger partial charge in [-0.15, -0.1) is 0 Å². The Labute approximate surface area is 113 Å². The Kier molecular flexibility index (Phi) is 5.25. The van der Waals surface area contributed by atoms with Gasteiger partial charge in [0, 0.05) is 6.42 Å². The molecule has 0 aliphatic carbocycles. The van der Waals surface area contributed by atoms with E-state index in [2.05, 4.69) is 41.5 Å². The van der Waals surface area contributed by atoms with Crippen LogP contribution >= 0.6 is 0 Å². The van der Waals surface area contributed by atoms with Crippen LogP contribution in [0.25, 0.3) is 0 Å². The van der Waals surface area contributed by atoms with E-state index in [1.54, 1.807) is 0 Å². The zero-order valence-corrected chi connectivity index (χ0v) is 13.4. The summed E-state index contributed by atoms with van der Waals surface area (Å²) in [4.78, 5) is 0. The van der Waals surface area contributed by atoms with E-state index in [1.807, 2.05) is 6.92 Å². The maximum atomic E-state index is 6.05. The Balaban J connectivity index is 2.70. The summed E-state index contributed by atoms with van der Waals surface area (Å²) in [6, 6.07) is 0. The molecule has 0 spiro atoms. The Morgan fingerprint density at radius 1 is 1.00 bits per heavy atom. The lowest BCUT2D eigenvalue weighted by atomic mass is 9.75. The van der Waals surface area contributed by atoms with Gasteiger partial charge in [0.1, 0.15) is 0 Å². The number of unbranched alkanes of at least 4 members (excludes halogenated alkanes) is 1. The first kappa shape index (κ1) is 16.0. The van der Waals surface area contributed by atoms with Gasteiger partial charge < -0.3 is 9.47 Å². The van der Waals surface area contributed by atoms with Crippen molar-refractivity contribution >= 4 is 0 Å². The van der Waals surface area contributed by atoms with Crippen LogP contribution in [-0.2, 0) is 9.47 Å². The highest BCUT2D eigenvalue weighted by Gasteiger charge is 2.41. The Morgan fingerprint density at radius 2 is 1.56 bits per heavy atom. The predicted octanol–water partition coefficient (Wildman–Crippen LogP) is 4.77. The zero-order valence-electron chi connectivity index (χ0n) is 13.4. The Hall–Kier alpha value is -0.0800. The topological polar surface area (TPSA) is 18.5 Å². The van der Waals surface area contributed by atoms with E-state index in [-0.39, 0.29) is 17.1 Å². The second kappa shape index (κ2) is 5.92. The normalized spacial score (nSPS) is 30.5. The minimum absolute atomic E-state index is 0.0751. The third-order valence-corrected chi connectivity index (χ3v) is 4.15. The summed E-state index contributed by atoms with van der Waals surface area (Å²) in [7, 11) is 0. The molecule has 0 radical (unpaired) electrons. The van der Waals surface area contributed by atoms with E-state index in [1.165, 1.54) is 19.3 Å². The maximum absolute atomic E-state index is 6.05. The van der Waals surface area contributed by atoms with Gasteiger partial charge >= 0.3 is 0 Å². The molecule has 1 saturated heterocycles. The van der Waals surface area contributed by atoms with Crippen LogP contribution in [0.5, 0.6) is 0 Å². The van der Waals surface area contributed by atoms with Crippen LogP contribution in [0.3, 0.4) is 0 Å². The van der Waals surface area contributed by atoms with Crippen LogP contribution in [0, 0.1) is 10.8 Å². The summed E-state index contributed by atoms with van der Waals surface area (Å²) in [5.74, 6) is 0. The van der Waals surface area contributed by atoms with Gasteiger partial charge in [0.25, 0.3) is 0 Å². The summed E-state index contributed by atoms with van der Waals surface area (Å²) < 4.78 is 12.0. The third kappa shape index (κ3) is 4.24. The van der Waals surface area contributed by atoms with Gasteiger partial charge in [-0.05, 0) is 24.2 Å². The number of ether oxygens (including phenoxy) is 2. The van der Waals surface area contributed by atoms with Crippen LogP contribution < -0.4 is 0 Å². The molecule has 0 N–H and O–H groups in total. The molecule has 0 saturated carbocycles. The lowest BCUT2D eigenvalue weighted by Crippen LogP contribution is -2.48. The van der Waals surface area contributed by atoms with Gasteiger partial charge in [0.15, 0.2) is 6.29 Å². The fourth-order valence-electron chi connectivity index (χ4n) is 2.65. The van der Waals surface area contributed by atoms with Gasteiger partial charge in [-0.1, -0.05) is 54.4 Å². The van der Waals surface area contributed by atoms with Gasteiger partial charge in [-0.2, -0.15) is 0 Å². The fourth-order valence-corrected chi connectivity index (χ4v) is 2.65. The van der Waals surface area contributed by atoms with Crippen molar-refractivity contribution in [2.24, 2.45) is 10.8 Å². The molecule has 1 aliphatic rings. The molecule has 1 fully saturated rings. The van der Waals surface area contributed by atoms with E-state index < -0.39 is 0 Å². The van der Waals surface area contributed by atoms with Gasteiger partial charge in [0.05, 0.1) is 12.2 Å². The van der Waals surface area contributed by atoms with E-state index in [4.69, 9.17) is 9.47 Å². The molecule has 0 aromatic heterocycles. The number of rotatable bonds is 4. The molecular formula is C16H32O2. The van der Waals surface area contributed by atoms with Crippen LogP contribution in [0.1, 0.15) is 74.1 Å². The highest BCUT2D eigenvalue weighted by Crippen LogP contribution is 2.40. The van der Waals surface area contributed by atoms with E-state index >= 15 is 0 Å². The summed E-state index contributed by atoms with van der Waals surface area (Å²) in [6.07, 6.45) is 5.33. The molecule has 2 heteroatoms. The standard InChI is InChI=1S/C16H32O2/c1-8-9-10-16(6,7)14-11-13(15(3,4)5)17-12(2)18-14/h12-14H,8-11H2,1-7H3. The highest BCUT2D eigenvalue weighted by atomic mass is 16.7. The average molecular weight is 256 g/mol. The molecule has 0 aromatic carbocycles. The second-order valence-electron chi connectivity index (χ2n) is 7.51. The third-order valence-electron chi connectivity index (χ3n) is 4.15. The average Bonchev–Trinajstić information content (AvgIpc) is 2.24. The molecule has 108 valence electrons. The number of hydrogen-bond acceptors (Lipinski definition) is 2. The lowest BCUT2D eigenvalue weighted by Gasteiger charge is -2.46. The first-order valence-corrected chi connectivity index (χ1v) is 7.47. The molecule has 3 unspecified atom stereocenters. The smallest absolute Gasteiger partial charge is 0.155 e.